The van der Waals surface area contributed by atoms with Crippen LogP contribution in [0.5, 0.6) is 0 Å². The van der Waals surface area contributed by atoms with Crippen LogP contribution in [0.3, 0.4) is 0 Å². The number of furan rings is 1. The highest BCUT2D eigenvalue weighted by atomic mass is 16.5. The number of carbonyl (C=O) groups is 1. The molecule has 2 bridgehead atoms. The zero-order valence-electron chi connectivity index (χ0n) is 31.5. The molecule has 4 heteroatoms. The molecule has 0 aliphatic heterocycles. The van der Waals surface area contributed by atoms with E-state index in [0.29, 0.717) is 18.3 Å². The van der Waals surface area contributed by atoms with Gasteiger partial charge < -0.3 is 14.3 Å². The zero-order valence-corrected chi connectivity index (χ0v) is 31.5. The van der Waals surface area contributed by atoms with Gasteiger partial charge in [-0.3, -0.25) is 4.79 Å². The first-order valence-electron chi connectivity index (χ1n) is 21.3. The number of unbranched alkanes of at least 4 members (excludes halogenated alkanes) is 20. The first kappa shape index (κ1) is 38.0. The van der Waals surface area contributed by atoms with E-state index in [4.69, 9.17) is 9.15 Å². The number of aliphatic hydroxyl groups is 1. The third-order valence-electron chi connectivity index (χ3n) is 14.2. The van der Waals surface area contributed by atoms with Crippen LogP contribution < -0.4 is 0 Å². The van der Waals surface area contributed by atoms with E-state index in [9.17, 15) is 9.90 Å². The van der Waals surface area contributed by atoms with Crippen LogP contribution in [0.4, 0.5) is 0 Å². The Labute approximate surface area is 295 Å². The molecule has 1 N–H and O–H groups in total. The monoisotopic (exact) mass is 667 g/mol. The van der Waals surface area contributed by atoms with Gasteiger partial charge in [-0.15, -0.1) is 0 Å². The Morgan fingerprint density at radius 2 is 1.35 bits per heavy atom. The summed E-state index contributed by atoms with van der Waals surface area (Å²) < 4.78 is 11.7. The molecule has 3 saturated carbocycles. The number of fused-ring (bicyclic) bond motifs is 5. The average molecular weight is 667 g/mol. The number of aryl methyl sites for hydroxylation is 1. The molecule has 274 valence electrons. The number of ether oxygens (including phenoxy) is 1. The molecule has 0 saturated heterocycles. The van der Waals surface area contributed by atoms with Gasteiger partial charge >= 0.3 is 5.97 Å². The summed E-state index contributed by atoms with van der Waals surface area (Å²) in [6, 6.07) is 2.23. The summed E-state index contributed by atoms with van der Waals surface area (Å²) >= 11 is 0. The Morgan fingerprint density at radius 3 is 1.94 bits per heavy atom. The van der Waals surface area contributed by atoms with Gasteiger partial charge in [0.25, 0.3) is 0 Å². The molecular weight excluding hydrogens is 592 g/mol. The van der Waals surface area contributed by atoms with Crippen molar-refractivity contribution in [3.63, 3.8) is 0 Å². The molecule has 0 amide bonds. The van der Waals surface area contributed by atoms with Crippen molar-refractivity contribution in [1.29, 1.82) is 0 Å². The molecule has 4 nitrogen and oxygen atoms in total. The van der Waals surface area contributed by atoms with E-state index in [1.807, 2.05) is 6.26 Å². The lowest BCUT2D eigenvalue weighted by Gasteiger charge is -2.59. The topological polar surface area (TPSA) is 59.7 Å². The fraction of sp³-hybridized carbons (Fsp3) is 0.886. The summed E-state index contributed by atoms with van der Waals surface area (Å²) in [5, 5.41) is 11.9. The zero-order chi connectivity index (χ0) is 33.7. The quantitative estimate of drug-likeness (QED) is 0.0881. The van der Waals surface area contributed by atoms with Crippen LogP contribution in [0, 0.1) is 22.7 Å². The molecule has 4 aliphatic carbocycles. The van der Waals surface area contributed by atoms with Gasteiger partial charge in [-0.2, -0.15) is 0 Å². The second-order valence-electron chi connectivity index (χ2n) is 17.6. The molecule has 48 heavy (non-hydrogen) atoms. The van der Waals surface area contributed by atoms with Crippen molar-refractivity contribution in [3.05, 3.63) is 23.7 Å². The second kappa shape index (κ2) is 18.8. The van der Waals surface area contributed by atoms with Crippen LogP contribution in [-0.2, 0) is 16.0 Å². The fourth-order valence-corrected chi connectivity index (χ4v) is 11.5. The molecule has 0 aromatic carbocycles. The van der Waals surface area contributed by atoms with Gasteiger partial charge in [0, 0.05) is 12.8 Å². The van der Waals surface area contributed by atoms with Gasteiger partial charge in [-0.1, -0.05) is 142 Å². The highest BCUT2D eigenvalue weighted by Gasteiger charge is 2.66. The van der Waals surface area contributed by atoms with Crippen LogP contribution in [0.15, 0.2) is 16.7 Å². The first-order valence-corrected chi connectivity index (χ1v) is 21.3. The van der Waals surface area contributed by atoms with Crippen LogP contribution in [-0.4, -0.2) is 23.3 Å². The van der Waals surface area contributed by atoms with Crippen molar-refractivity contribution in [3.8, 4) is 0 Å². The van der Waals surface area contributed by atoms with Crippen molar-refractivity contribution in [2.75, 3.05) is 6.61 Å². The van der Waals surface area contributed by atoms with Gasteiger partial charge in [0.2, 0.25) is 0 Å². The third-order valence-corrected chi connectivity index (χ3v) is 14.2. The third kappa shape index (κ3) is 9.73. The minimum Gasteiger partial charge on any atom is -0.469 e. The minimum atomic E-state index is -0.837. The van der Waals surface area contributed by atoms with E-state index in [1.54, 1.807) is 0 Å². The molecule has 0 radical (unpaired) electrons. The molecule has 1 heterocycles. The van der Waals surface area contributed by atoms with Gasteiger partial charge in [0.05, 0.1) is 6.26 Å². The maximum absolute atomic E-state index is 12.7. The molecule has 5 rings (SSSR count). The summed E-state index contributed by atoms with van der Waals surface area (Å²) in [7, 11) is 0. The maximum atomic E-state index is 12.7. The number of hydrogen-bond acceptors (Lipinski definition) is 4. The van der Waals surface area contributed by atoms with Crippen molar-refractivity contribution >= 4 is 5.97 Å². The Kier molecular flexibility index (Phi) is 14.9. The van der Waals surface area contributed by atoms with E-state index in [2.05, 4.69) is 19.9 Å². The van der Waals surface area contributed by atoms with Crippen molar-refractivity contribution < 1.29 is 19.1 Å². The van der Waals surface area contributed by atoms with Gasteiger partial charge in [-0.05, 0) is 91.6 Å². The Hall–Kier alpha value is -1.29. The summed E-state index contributed by atoms with van der Waals surface area (Å²) in [6.45, 7) is 5.04. The Balaban J connectivity index is 0.848. The molecule has 1 aromatic rings. The number of carbonyl (C=O) groups excluding carboxylic acids is 1. The van der Waals surface area contributed by atoms with Gasteiger partial charge in [-0.25, -0.2) is 0 Å². The van der Waals surface area contributed by atoms with Crippen molar-refractivity contribution in [1.82, 2.24) is 0 Å². The normalized spacial score (nSPS) is 30.5. The van der Waals surface area contributed by atoms with Gasteiger partial charge in [0.15, 0.2) is 0 Å². The highest BCUT2D eigenvalue weighted by Crippen LogP contribution is 2.72. The predicted molar refractivity (Wildman–Crippen MR) is 198 cm³/mol. The molecule has 0 unspecified atom stereocenters. The Morgan fingerprint density at radius 1 is 0.792 bits per heavy atom. The smallest absolute Gasteiger partial charge is 0.305 e. The predicted octanol–water partition coefficient (Wildman–Crippen LogP) is 12.8. The van der Waals surface area contributed by atoms with Crippen LogP contribution in [0.25, 0.3) is 0 Å². The largest absolute Gasteiger partial charge is 0.469 e. The molecule has 1 aromatic heterocycles. The summed E-state index contributed by atoms with van der Waals surface area (Å²) in [6.07, 6.45) is 40.0. The Bertz CT molecular complexity index is 1080. The average Bonchev–Trinajstić information content (AvgIpc) is 3.64. The molecule has 3 fully saturated rings. The molecular formula is C44H74O4. The fourth-order valence-electron chi connectivity index (χ4n) is 11.5. The number of hydrogen-bond donors (Lipinski definition) is 1. The lowest BCUT2D eigenvalue weighted by molar-refractivity contribution is -0.154. The van der Waals surface area contributed by atoms with E-state index in [1.165, 1.54) is 159 Å². The lowest BCUT2D eigenvalue weighted by Crippen LogP contribution is -2.51. The summed E-state index contributed by atoms with van der Waals surface area (Å²) in [5.74, 6) is 2.62. The summed E-state index contributed by atoms with van der Waals surface area (Å²) in [4.78, 5) is 12.7. The van der Waals surface area contributed by atoms with Crippen LogP contribution in [0.1, 0.15) is 217 Å². The highest BCUT2D eigenvalue weighted by molar-refractivity contribution is 5.69. The molecule has 4 aliphatic rings. The standard InChI is InChI=1S/C44H74O4/c1-3-4-5-6-7-8-9-10-11-12-13-14-15-16-17-18-19-20-21-22-23-24-41(45)48-35-44(46)34-43-31-27-38-37-29-32-47-39(37)28-30-42(38,2)40(43)26-25-36(44)33-43/h29,32,36,38,40,46H,3-28,30-31,33-35H2,1-2H3/t36-,38-,40+,42-,43+,44+/m1/s1. The van der Waals surface area contributed by atoms with E-state index >= 15 is 0 Å². The van der Waals surface area contributed by atoms with E-state index in [-0.39, 0.29) is 29.3 Å². The van der Waals surface area contributed by atoms with Gasteiger partial charge in [0.1, 0.15) is 18.0 Å². The lowest BCUT2D eigenvalue weighted by atomic mass is 9.45. The van der Waals surface area contributed by atoms with Crippen molar-refractivity contribution in [2.45, 2.75) is 218 Å². The number of esters is 1. The summed E-state index contributed by atoms with van der Waals surface area (Å²) in [5.41, 5.74) is 1.12. The van der Waals surface area contributed by atoms with Crippen LogP contribution in [0.2, 0.25) is 0 Å². The number of rotatable bonds is 24. The van der Waals surface area contributed by atoms with Crippen molar-refractivity contribution in [2.24, 2.45) is 22.7 Å². The first-order chi connectivity index (χ1) is 23.4. The second-order valence-corrected chi connectivity index (χ2v) is 17.6. The SMILES string of the molecule is CCCCCCCCCCCCCCCCCCCCCCCC(=O)OC[C@@]1(O)C[C@@]23CC[C@@H]4c5ccoc5CC[C@@]4(C)[C@@H]2CC[C@@H]1C3. The van der Waals surface area contributed by atoms with E-state index in [0.717, 1.165) is 38.5 Å². The van der Waals surface area contributed by atoms with E-state index < -0.39 is 5.60 Å². The maximum Gasteiger partial charge on any atom is 0.305 e. The molecule has 1 spiro atoms. The van der Waals surface area contributed by atoms with Crippen LogP contribution >= 0.6 is 0 Å². The minimum absolute atomic E-state index is 0.104. The molecule has 6 atom stereocenters.